The Bertz CT molecular complexity index is 1360. The van der Waals surface area contributed by atoms with Gasteiger partial charge in [0.1, 0.15) is 0 Å². The number of rotatable bonds is 13. The summed E-state index contributed by atoms with van der Waals surface area (Å²) in [5, 5.41) is 3.79. The topological polar surface area (TPSA) is 117 Å². The van der Waals surface area contributed by atoms with Crippen molar-refractivity contribution in [1.82, 2.24) is 28.9 Å². The average molecular weight is 801 g/mol. The van der Waals surface area contributed by atoms with Crippen molar-refractivity contribution in [2.45, 2.75) is 94.2 Å². The van der Waals surface area contributed by atoms with Gasteiger partial charge >= 0.3 is 0 Å². The fourth-order valence-corrected chi connectivity index (χ4v) is 5.59. The number of nitrogens with one attached hydrogen (secondary N) is 1. The highest BCUT2D eigenvalue weighted by atomic mass is 32.2. The Morgan fingerprint density at radius 2 is 1.38 bits per heavy atom. The van der Waals surface area contributed by atoms with Crippen LogP contribution in [0.2, 0.25) is 0 Å². The Labute approximate surface area is 338 Å². The van der Waals surface area contributed by atoms with Crippen LogP contribution in [-0.2, 0) is 24.3 Å². The molecule has 0 radical (unpaired) electrons. The predicted molar refractivity (Wildman–Crippen MR) is 238 cm³/mol. The summed E-state index contributed by atoms with van der Waals surface area (Å²) in [5.41, 5.74) is 2.18. The van der Waals surface area contributed by atoms with Crippen LogP contribution in [0, 0.1) is 0 Å². The highest BCUT2D eigenvalue weighted by molar-refractivity contribution is 7.88. The molecule has 1 fully saturated rings. The van der Waals surface area contributed by atoms with Crippen LogP contribution >= 0.6 is 0 Å². The van der Waals surface area contributed by atoms with Gasteiger partial charge in [-0.25, -0.2) is 8.42 Å². The maximum atomic E-state index is 11.6. The van der Waals surface area contributed by atoms with Gasteiger partial charge in [0.2, 0.25) is 15.9 Å². The third-order valence-corrected chi connectivity index (χ3v) is 9.36. The molecule has 3 rings (SSSR count). The smallest absolute Gasteiger partial charge is 0.251 e. The number of aromatic nitrogens is 1. The first-order chi connectivity index (χ1) is 25.9. The molecule has 0 spiro atoms. The first-order valence-corrected chi connectivity index (χ1v) is 21.6. The van der Waals surface area contributed by atoms with Gasteiger partial charge in [-0.15, -0.1) is 6.58 Å². The number of pyridine rings is 1. The van der Waals surface area contributed by atoms with Crippen molar-refractivity contribution in [3.8, 4) is 0 Å². The van der Waals surface area contributed by atoms with Crippen LogP contribution in [0.1, 0.15) is 88.1 Å². The zero-order chi connectivity index (χ0) is 43.6. The van der Waals surface area contributed by atoms with E-state index in [0.29, 0.717) is 25.7 Å². The van der Waals surface area contributed by atoms with Gasteiger partial charge in [-0.2, -0.15) is 4.31 Å². The molecule has 0 saturated carbocycles. The minimum atomic E-state index is -3.02. The van der Waals surface area contributed by atoms with Crippen LogP contribution in [0.3, 0.4) is 0 Å². The van der Waals surface area contributed by atoms with Crippen LogP contribution < -0.4 is 10.9 Å². The third kappa shape index (κ3) is 31.2. The van der Waals surface area contributed by atoms with Gasteiger partial charge in [-0.05, 0) is 72.2 Å². The number of sulfonamides is 1. The molecule has 13 heteroatoms. The number of para-hydroxylation sites is 1. The number of carbonyl (C=O) groups is 1. The molecule has 1 N–H and O–H groups in total. The van der Waals surface area contributed by atoms with E-state index in [1.807, 2.05) is 83.4 Å². The summed E-state index contributed by atoms with van der Waals surface area (Å²) >= 11 is 0. The fraction of sp³-hybridized carbons (Fsp3) is 0.714. The second-order valence-corrected chi connectivity index (χ2v) is 15.2. The van der Waals surface area contributed by atoms with Crippen molar-refractivity contribution in [3.05, 3.63) is 58.9 Å². The van der Waals surface area contributed by atoms with Gasteiger partial charge in [0.25, 0.3) is 5.56 Å². The van der Waals surface area contributed by atoms with E-state index < -0.39 is 10.0 Å². The number of amides is 1. The fourth-order valence-electron chi connectivity index (χ4n) is 4.76. The highest BCUT2D eigenvalue weighted by Crippen LogP contribution is 2.14. The molecule has 0 aliphatic carbocycles. The number of likely N-dealkylation sites (N-methyl/N-ethyl adjacent to an activating group) is 2. The molecule has 0 bridgehead atoms. The number of benzene rings is 1. The molecule has 12 nitrogen and oxygen atoms in total. The third-order valence-electron chi connectivity index (χ3n) is 8.06. The Balaban J connectivity index is -0.000000337. The van der Waals surface area contributed by atoms with Crippen molar-refractivity contribution in [2.75, 3.05) is 108 Å². The van der Waals surface area contributed by atoms with E-state index in [-0.39, 0.29) is 17.5 Å². The van der Waals surface area contributed by atoms with Crippen molar-refractivity contribution < 1.29 is 22.7 Å². The van der Waals surface area contributed by atoms with Crippen LogP contribution in [0.25, 0.3) is 10.9 Å². The molecule has 1 unspecified atom stereocenters. The lowest BCUT2D eigenvalue weighted by molar-refractivity contribution is -0.118. The normalized spacial score (nSPS) is 13.1. The molecular weight excluding hydrogens is 717 g/mol. The molecular formula is C42H84N6O6S. The number of fused-ring (bicyclic) bond motifs is 1. The number of carbonyl (C=O) groups excluding carboxylic acids is 1. The van der Waals surface area contributed by atoms with Crippen molar-refractivity contribution >= 4 is 26.8 Å². The Kier molecular flexibility index (Phi) is 39.7. The average Bonchev–Trinajstić information content (AvgIpc) is 3.14. The van der Waals surface area contributed by atoms with Crippen LogP contribution in [0.15, 0.2) is 53.3 Å². The van der Waals surface area contributed by atoms with Gasteiger partial charge in [0.05, 0.1) is 11.8 Å². The Morgan fingerprint density at radius 3 is 1.82 bits per heavy atom. The van der Waals surface area contributed by atoms with E-state index in [4.69, 9.17) is 0 Å². The lowest BCUT2D eigenvalue weighted by Gasteiger charge is -2.34. The largest absolute Gasteiger partial charge is 0.388 e. The predicted octanol–water partition coefficient (Wildman–Crippen LogP) is 6.47. The van der Waals surface area contributed by atoms with E-state index in [1.54, 1.807) is 38.8 Å². The number of hydrogen-bond acceptors (Lipinski definition) is 9. The number of methoxy groups -OCH3 is 2. The molecule has 2 heterocycles. The maximum absolute atomic E-state index is 11.6. The number of hydrogen-bond donors (Lipinski definition) is 1. The monoisotopic (exact) mass is 801 g/mol. The summed E-state index contributed by atoms with van der Waals surface area (Å²) < 4.78 is 34.9. The summed E-state index contributed by atoms with van der Waals surface area (Å²) in [5.74, 6) is 0.0243. The molecule has 1 amide bonds. The summed E-state index contributed by atoms with van der Waals surface area (Å²) in [6, 6.07) is 12.3. The second-order valence-electron chi connectivity index (χ2n) is 13.2. The summed E-state index contributed by atoms with van der Waals surface area (Å²) in [6.07, 6.45) is 3.36. The zero-order valence-corrected chi connectivity index (χ0v) is 39.0. The standard InChI is InChI=1S/C15H34N4O2S.C12H13NO.C7H13NO.2C2H6O.2C2H6/c1-6-15(2)17(4)9-7-16(3)8-10-18-11-13-19(14-12-18)22(5,20)21;1-9(2)13-11-6-4-3-5-10(11)7-8-12(13)14;1-6(2)4-5-8-7(3)9;2*1-3-2;2*1-2/h15H,6-14H2,1-5H3;3-9H,1-2H3;1,4-5H2,2-3H3,(H,8,9);2*1-2H3;2*1-2H3. The molecule has 1 saturated heterocycles. The summed E-state index contributed by atoms with van der Waals surface area (Å²) in [7, 11) is 7.83. The van der Waals surface area contributed by atoms with Crippen molar-refractivity contribution in [3.63, 3.8) is 0 Å². The molecule has 1 aromatic carbocycles. The molecule has 55 heavy (non-hydrogen) atoms. The van der Waals surface area contributed by atoms with Gasteiger partial charge in [-0.1, -0.05) is 58.4 Å². The molecule has 1 atom stereocenters. The van der Waals surface area contributed by atoms with Crippen molar-refractivity contribution in [2.24, 2.45) is 0 Å². The molecule has 2 aromatic rings. The highest BCUT2D eigenvalue weighted by Gasteiger charge is 2.23. The number of piperazine rings is 1. The molecule has 1 aliphatic rings. The molecule has 324 valence electrons. The number of nitrogens with zero attached hydrogens (tertiary/aromatic N) is 5. The van der Waals surface area contributed by atoms with E-state index in [0.717, 1.165) is 62.2 Å². The van der Waals surface area contributed by atoms with Crippen molar-refractivity contribution in [1.29, 1.82) is 0 Å². The lowest BCUT2D eigenvalue weighted by Crippen LogP contribution is -2.50. The molecule has 1 aliphatic heterocycles. The summed E-state index contributed by atoms with van der Waals surface area (Å²) in [4.78, 5) is 29.0. The van der Waals surface area contributed by atoms with E-state index in [1.165, 1.54) is 19.6 Å². The first kappa shape index (κ1) is 59.0. The first-order valence-electron chi connectivity index (χ1n) is 19.7. The number of ether oxygens (including phenoxy) is 2. The van der Waals surface area contributed by atoms with Crippen LogP contribution in [0.4, 0.5) is 0 Å². The van der Waals surface area contributed by atoms with Gasteiger partial charge in [0, 0.05) is 112 Å². The summed E-state index contributed by atoms with van der Waals surface area (Å²) in [6.45, 7) is 31.5. The maximum Gasteiger partial charge on any atom is 0.251 e. The zero-order valence-electron chi connectivity index (χ0n) is 38.2. The minimum Gasteiger partial charge on any atom is -0.388 e. The van der Waals surface area contributed by atoms with E-state index in [2.05, 4.69) is 64.0 Å². The second kappa shape index (κ2) is 37.0. The van der Waals surface area contributed by atoms with Gasteiger partial charge in [0.15, 0.2) is 0 Å². The minimum absolute atomic E-state index is 0.0243. The van der Waals surface area contributed by atoms with E-state index in [9.17, 15) is 18.0 Å². The Morgan fingerprint density at radius 1 is 0.873 bits per heavy atom. The van der Waals surface area contributed by atoms with Gasteiger partial charge in [-0.3, -0.25) is 14.5 Å². The quantitative estimate of drug-likeness (QED) is 0.228. The lowest BCUT2D eigenvalue weighted by atomic mass is 10.2. The van der Waals surface area contributed by atoms with Crippen LogP contribution in [-0.4, -0.2) is 152 Å². The molecule has 1 aromatic heterocycles. The Hall–Kier alpha value is -2.65. The van der Waals surface area contributed by atoms with Crippen LogP contribution in [0.5, 0.6) is 0 Å². The van der Waals surface area contributed by atoms with Gasteiger partial charge < -0.3 is 29.2 Å². The van der Waals surface area contributed by atoms with E-state index >= 15 is 0 Å². The SMILES string of the molecule is C=C(C)CCNC(C)=O.CC.CC.CC(C)n1c(=O)ccc2ccccc21.CCC(C)N(C)CCN(C)CCN1CCN(S(C)(=O)=O)CC1.COC.COC.